The van der Waals surface area contributed by atoms with Gasteiger partial charge in [-0.25, -0.2) is 9.18 Å². The summed E-state index contributed by atoms with van der Waals surface area (Å²) in [5, 5.41) is 20.0. The van der Waals surface area contributed by atoms with Gasteiger partial charge in [0.1, 0.15) is 18.2 Å². The van der Waals surface area contributed by atoms with Crippen LogP contribution in [0.4, 0.5) is 4.39 Å². The molecule has 0 aliphatic rings. The lowest BCUT2D eigenvalue weighted by Gasteiger charge is -2.12. The van der Waals surface area contributed by atoms with Crippen LogP contribution in [0, 0.1) is 0 Å². The molecule has 7 heteroatoms. The van der Waals surface area contributed by atoms with Crippen LogP contribution in [0.1, 0.15) is 10.4 Å². The number of hydrogen-bond acceptors (Lipinski definition) is 4. The highest BCUT2D eigenvalue weighted by Gasteiger charge is 2.22. The highest BCUT2D eigenvalue weighted by molar-refractivity contribution is 5.99. The summed E-state index contributed by atoms with van der Waals surface area (Å²) >= 11 is 0. The number of hydrogen-bond donors (Lipinski definition) is 3. The molecule has 0 bridgehead atoms. The number of nitrogens with one attached hydrogen (secondary N) is 1. The van der Waals surface area contributed by atoms with Gasteiger partial charge in [0.05, 0.1) is 12.7 Å². The molecule has 0 fully saturated rings. The number of phenols is 1. The third kappa shape index (κ3) is 3.09. The number of aromatic hydroxyl groups is 1. The lowest BCUT2D eigenvalue weighted by Crippen LogP contribution is -2.42. The first-order valence-corrected chi connectivity index (χ1v) is 4.96. The maximum Gasteiger partial charge on any atom is 0.328 e. The third-order valence-corrected chi connectivity index (χ3v) is 2.21. The van der Waals surface area contributed by atoms with Crippen LogP contribution in [0.2, 0.25) is 0 Å². The first kappa shape index (κ1) is 13.8. The van der Waals surface area contributed by atoms with Crippen molar-refractivity contribution in [3.8, 4) is 11.5 Å². The molecule has 1 amide bonds. The van der Waals surface area contributed by atoms with Gasteiger partial charge >= 0.3 is 5.97 Å². The van der Waals surface area contributed by atoms with E-state index in [1.807, 2.05) is 5.32 Å². The number of phenolic OH excluding ortho intramolecular Hbond substituents is 1. The summed E-state index contributed by atoms with van der Waals surface area (Å²) < 4.78 is 17.2. The summed E-state index contributed by atoms with van der Waals surface area (Å²) in [6.07, 6.45) is 0. The number of benzene rings is 1. The highest BCUT2D eigenvalue weighted by atomic mass is 19.1. The van der Waals surface area contributed by atoms with Gasteiger partial charge in [-0.2, -0.15) is 0 Å². The Bertz CT molecular complexity index is 463. The van der Waals surface area contributed by atoms with Crippen molar-refractivity contribution < 1.29 is 28.9 Å². The van der Waals surface area contributed by atoms with E-state index in [9.17, 15) is 19.1 Å². The van der Waals surface area contributed by atoms with Crippen LogP contribution in [-0.4, -0.2) is 41.9 Å². The molecule has 0 radical (unpaired) electrons. The van der Waals surface area contributed by atoms with E-state index in [1.54, 1.807) is 0 Å². The Kier molecular flexibility index (Phi) is 4.47. The summed E-state index contributed by atoms with van der Waals surface area (Å²) in [6, 6.07) is 2.22. The quantitative estimate of drug-likeness (QED) is 0.716. The topological polar surface area (TPSA) is 95.9 Å². The monoisotopic (exact) mass is 257 g/mol. The number of rotatable bonds is 5. The predicted octanol–water partition coefficient (Wildman–Crippen LogP) is 0.553. The first-order valence-electron chi connectivity index (χ1n) is 4.96. The van der Waals surface area contributed by atoms with Crippen LogP contribution < -0.4 is 10.1 Å². The predicted molar refractivity (Wildman–Crippen MR) is 59.5 cm³/mol. The van der Waals surface area contributed by atoms with E-state index in [0.29, 0.717) is 5.75 Å². The highest BCUT2D eigenvalue weighted by Crippen LogP contribution is 2.22. The number of carbonyl (C=O) groups is 2. The van der Waals surface area contributed by atoms with Gasteiger partial charge in [0.2, 0.25) is 0 Å². The number of halogens is 1. The standard InChI is InChI=1S/C11H12FNO5/c1-18-6-2-3-9(14)7(4-6)10(15)13-8(5-12)11(16)17/h2-4,8,14H,5H2,1H3,(H,13,15)(H,16,17). The molecule has 98 valence electrons. The lowest BCUT2D eigenvalue weighted by molar-refractivity contribution is -0.139. The van der Waals surface area contributed by atoms with Crippen molar-refractivity contribution in [2.45, 2.75) is 6.04 Å². The lowest BCUT2D eigenvalue weighted by atomic mass is 10.1. The molecule has 1 unspecified atom stereocenters. The molecule has 0 aliphatic carbocycles. The Morgan fingerprint density at radius 3 is 2.67 bits per heavy atom. The van der Waals surface area contributed by atoms with E-state index in [1.165, 1.54) is 25.3 Å². The van der Waals surface area contributed by atoms with Crippen LogP contribution >= 0.6 is 0 Å². The van der Waals surface area contributed by atoms with Crippen molar-refractivity contribution >= 4 is 11.9 Å². The summed E-state index contributed by atoms with van der Waals surface area (Å²) in [5.41, 5.74) is -0.186. The number of carboxylic acid groups (broad SMARTS) is 1. The molecule has 0 aromatic heterocycles. The molecule has 0 saturated carbocycles. The fourth-order valence-corrected chi connectivity index (χ4v) is 1.23. The van der Waals surface area contributed by atoms with Gasteiger partial charge in [0.15, 0.2) is 6.04 Å². The summed E-state index contributed by atoms with van der Waals surface area (Å²) in [6.45, 7) is -1.24. The second-order valence-corrected chi connectivity index (χ2v) is 3.40. The zero-order chi connectivity index (χ0) is 13.7. The van der Waals surface area contributed by atoms with Crippen molar-refractivity contribution in [3.63, 3.8) is 0 Å². The third-order valence-electron chi connectivity index (χ3n) is 2.21. The normalized spacial score (nSPS) is 11.7. The van der Waals surface area contributed by atoms with Gasteiger partial charge in [-0.15, -0.1) is 0 Å². The van der Waals surface area contributed by atoms with E-state index in [2.05, 4.69) is 0 Å². The number of methoxy groups -OCH3 is 1. The van der Waals surface area contributed by atoms with Gasteiger partial charge in [0.25, 0.3) is 5.91 Å². The van der Waals surface area contributed by atoms with E-state index in [0.717, 1.165) is 0 Å². The van der Waals surface area contributed by atoms with Crippen LogP contribution in [0.5, 0.6) is 11.5 Å². The maximum absolute atomic E-state index is 12.3. The molecule has 3 N–H and O–H groups in total. The fraction of sp³-hybridized carbons (Fsp3) is 0.273. The first-order chi connectivity index (χ1) is 8.49. The molecule has 18 heavy (non-hydrogen) atoms. The van der Waals surface area contributed by atoms with E-state index in [-0.39, 0.29) is 11.3 Å². The minimum absolute atomic E-state index is 0.186. The van der Waals surface area contributed by atoms with E-state index in [4.69, 9.17) is 9.84 Å². The molecule has 1 atom stereocenters. The van der Waals surface area contributed by atoms with Crippen molar-refractivity contribution in [2.75, 3.05) is 13.8 Å². The Hall–Kier alpha value is -2.31. The minimum Gasteiger partial charge on any atom is -0.507 e. The van der Waals surface area contributed by atoms with Gasteiger partial charge in [-0.05, 0) is 18.2 Å². The molecule has 1 aromatic rings. The zero-order valence-electron chi connectivity index (χ0n) is 9.51. The molecule has 0 heterocycles. The number of alkyl halides is 1. The van der Waals surface area contributed by atoms with Gasteiger partial charge in [0, 0.05) is 0 Å². The van der Waals surface area contributed by atoms with Crippen molar-refractivity contribution in [1.82, 2.24) is 5.32 Å². The van der Waals surface area contributed by atoms with Crippen LogP contribution in [-0.2, 0) is 4.79 Å². The van der Waals surface area contributed by atoms with Crippen molar-refractivity contribution in [2.24, 2.45) is 0 Å². The number of carboxylic acids is 1. The molecule has 1 aromatic carbocycles. The summed E-state index contributed by atoms with van der Waals surface area (Å²) in [7, 11) is 1.37. The molecule has 0 aliphatic heterocycles. The molecule has 1 rings (SSSR count). The second-order valence-electron chi connectivity index (χ2n) is 3.40. The Morgan fingerprint density at radius 2 is 2.17 bits per heavy atom. The average molecular weight is 257 g/mol. The summed E-state index contributed by atoms with van der Waals surface area (Å²) in [5.74, 6) is -2.42. The molecule has 6 nitrogen and oxygen atoms in total. The number of ether oxygens (including phenoxy) is 1. The zero-order valence-corrected chi connectivity index (χ0v) is 9.51. The van der Waals surface area contributed by atoms with Crippen LogP contribution in [0.3, 0.4) is 0 Å². The molecule has 0 spiro atoms. The Balaban J connectivity index is 2.93. The van der Waals surface area contributed by atoms with E-state index < -0.39 is 24.6 Å². The second kappa shape index (κ2) is 5.85. The Morgan fingerprint density at radius 1 is 1.50 bits per heavy atom. The minimum atomic E-state index is -1.65. The largest absolute Gasteiger partial charge is 0.507 e. The fourth-order valence-electron chi connectivity index (χ4n) is 1.23. The van der Waals surface area contributed by atoms with Gasteiger partial charge in [-0.1, -0.05) is 0 Å². The van der Waals surface area contributed by atoms with Gasteiger partial charge in [-0.3, -0.25) is 4.79 Å². The van der Waals surface area contributed by atoms with Gasteiger partial charge < -0.3 is 20.3 Å². The van der Waals surface area contributed by atoms with Crippen LogP contribution in [0.15, 0.2) is 18.2 Å². The summed E-state index contributed by atoms with van der Waals surface area (Å²) in [4.78, 5) is 22.2. The molecule has 0 saturated heterocycles. The maximum atomic E-state index is 12.3. The Labute approximate surface area is 102 Å². The van der Waals surface area contributed by atoms with Crippen LogP contribution in [0.25, 0.3) is 0 Å². The number of amides is 1. The SMILES string of the molecule is COc1ccc(O)c(C(=O)NC(CF)C(=O)O)c1. The molecular weight excluding hydrogens is 245 g/mol. The van der Waals surface area contributed by atoms with Crippen molar-refractivity contribution in [1.29, 1.82) is 0 Å². The molecular formula is C11H12FNO5. The average Bonchev–Trinajstić information content (AvgIpc) is 2.35. The van der Waals surface area contributed by atoms with Crippen molar-refractivity contribution in [3.05, 3.63) is 23.8 Å². The number of aliphatic carboxylic acids is 1. The smallest absolute Gasteiger partial charge is 0.328 e. The van der Waals surface area contributed by atoms with E-state index >= 15 is 0 Å². The number of carbonyl (C=O) groups excluding carboxylic acids is 1.